The first-order valence-electron chi connectivity index (χ1n) is 4.26. The standard InChI is InChI=1S/C10H11BrO3/c11-6-1-7-14-9-4-2-8(3-5-9)10(12)13/h2-5H,1,6-7H2,(H,12,13). The van der Waals surface area contributed by atoms with Crippen LogP contribution in [0.4, 0.5) is 0 Å². The first-order chi connectivity index (χ1) is 6.74. The van der Waals surface area contributed by atoms with Crippen molar-refractivity contribution in [3.8, 4) is 5.75 Å². The minimum absolute atomic E-state index is 0.276. The molecule has 1 N–H and O–H groups in total. The van der Waals surface area contributed by atoms with Gasteiger partial charge in [-0.05, 0) is 30.7 Å². The fourth-order valence-corrected chi connectivity index (χ4v) is 1.17. The summed E-state index contributed by atoms with van der Waals surface area (Å²) in [6, 6.07) is 6.40. The molecule has 0 aliphatic heterocycles. The maximum Gasteiger partial charge on any atom is 0.335 e. The Balaban J connectivity index is 2.51. The Morgan fingerprint density at radius 3 is 2.50 bits per heavy atom. The molecule has 0 spiro atoms. The zero-order valence-electron chi connectivity index (χ0n) is 7.57. The molecule has 1 rings (SSSR count). The van der Waals surface area contributed by atoms with Crippen LogP contribution in [0.3, 0.4) is 0 Å². The van der Waals surface area contributed by atoms with Crippen LogP contribution in [0.15, 0.2) is 24.3 Å². The zero-order valence-corrected chi connectivity index (χ0v) is 9.16. The summed E-state index contributed by atoms with van der Waals surface area (Å²) in [5.74, 6) is -0.215. The Hall–Kier alpha value is -1.03. The molecule has 4 heteroatoms. The van der Waals surface area contributed by atoms with Crippen molar-refractivity contribution in [3.05, 3.63) is 29.8 Å². The summed E-state index contributed by atoms with van der Waals surface area (Å²) in [4.78, 5) is 10.5. The number of carboxylic acid groups (broad SMARTS) is 1. The summed E-state index contributed by atoms with van der Waals surface area (Å²) in [5, 5.41) is 9.55. The van der Waals surface area contributed by atoms with Gasteiger partial charge in [0.15, 0.2) is 0 Å². The maximum absolute atomic E-state index is 10.5. The van der Waals surface area contributed by atoms with Crippen LogP contribution in [0, 0.1) is 0 Å². The van der Waals surface area contributed by atoms with Gasteiger partial charge in [0.05, 0.1) is 12.2 Å². The summed E-state index contributed by atoms with van der Waals surface area (Å²) in [6.45, 7) is 0.637. The smallest absolute Gasteiger partial charge is 0.335 e. The van der Waals surface area contributed by atoms with Crippen LogP contribution in [0.5, 0.6) is 5.75 Å². The van der Waals surface area contributed by atoms with E-state index in [1.807, 2.05) is 0 Å². The third kappa shape index (κ3) is 3.38. The van der Waals surface area contributed by atoms with Crippen LogP contribution in [0.2, 0.25) is 0 Å². The van der Waals surface area contributed by atoms with Crippen molar-refractivity contribution in [1.29, 1.82) is 0 Å². The van der Waals surface area contributed by atoms with Crippen molar-refractivity contribution in [1.82, 2.24) is 0 Å². The van der Waals surface area contributed by atoms with Crippen LogP contribution >= 0.6 is 15.9 Å². The number of hydrogen-bond acceptors (Lipinski definition) is 2. The average molecular weight is 259 g/mol. The SMILES string of the molecule is O=C(O)c1ccc(OCCCBr)cc1. The Labute approximate surface area is 90.8 Å². The van der Waals surface area contributed by atoms with E-state index in [0.717, 1.165) is 11.8 Å². The van der Waals surface area contributed by atoms with E-state index in [2.05, 4.69) is 15.9 Å². The second kappa shape index (κ2) is 5.65. The lowest BCUT2D eigenvalue weighted by Crippen LogP contribution is -1.99. The summed E-state index contributed by atoms with van der Waals surface area (Å²) >= 11 is 3.30. The Morgan fingerprint density at radius 2 is 2.00 bits per heavy atom. The summed E-state index contributed by atoms with van der Waals surface area (Å²) in [5.41, 5.74) is 0.276. The molecular weight excluding hydrogens is 248 g/mol. The highest BCUT2D eigenvalue weighted by Crippen LogP contribution is 2.12. The molecule has 0 radical (unpaired) electrons. The molecule has 0 atom stereocenters. The number of aromatic carboxylic acids is 1. The van der Waals surface area contributed by atoms with Crippen LogP contribution in [0.1, 0.15) is 16.8 Å². The lowest BCUT2D eigenvalue weighted by molar-refractivity contribution is 0.0697. The van der Waals surface area contributed by atoms with E-state index in [1.165, 1.54) is 12.1 Å². The van der Waals surface area contributed by atoms with E-state index in [0.29, 0.717) is 12.4 Å². The number of ether oxygens (including phenoxy) is 1. The van der Waals surface area contributed by atoms with Gasteiger partial charge in [-0.25, -0.2) is 4.79 Å². The molecule has 0 amide bonds. The molecule has 0 aliphatic carbocycles. The number of alkyl halides is 1. The first kappa shape index (κ1) is 11.0. The van der Waals surface area contributed by atoms with Gasteiger partial charge in [0.1, 0.15) is 5.75 Å². The van der Waals surface area contributed by atoms with Crippen LogP contribution in [-0.2, 0) is 0 Å². The van der Waals surface area contributed by atoms with E-state index in [-0.39, 0.29) is 5.56 Å². The van der Waals surface area contributed by atoms with Crippen molar-refractivity contribution in [2.24, 2.45) is 0 Å². The highest BCUT2D eigenvalue weighted by atomic mass is 79.9. The molecule has 76 valence electrons. The second-order valence-electron chi connectivity index (χ2n) is 2.72. The van der Waals surface area contributed by atoms with Gasteiger partial charge in [-0.3, -0.25) is 0 Å². The van der Waals surface area contributed by atoms with E-state index in [9.17, 15) is 4.79 Å². The molecule has 0 bridgehead atoms. The monoisotopic (exact) mass is 258 g/mol. The third-order valence-electron chi connectivity index (χ3n) is 1.65. The summed E-state index contributed by atoms with van der Waals surface area (Å²) < 4.78 is 5.36. The lowest BCUT2D eigenvalue weighted by Gasteiger charge is -2.04. The Morgan fingerprint density at radius 1 is 1.36 bits per heavy atom. The van der Waals surface area contributed by atoms with Crippen molar-refractivity contribution >= 4 is 21.9 Å². The molecule has 0 heterocycles. The van der Waals surface area contributed by atoms with Gasteiger partial charge in [-0.2, -0.15) is 0 Å². The molecule has 0 fully saturated rings. The number of carboxylic acids is 1. The molecule has 0 aliphatic rings. The van der Waals surface area contributed by atoms with E-state index >= 15 is 0 Å². The van der Waals surface area contributed by atoms with Gasteiger partial charge in [0.25, 0.3) is 0 Å². The minimum Gasteiger partial charge on any atom is -0.494 e. The molecule has 0 aromatic heterocycles. The first-order valence-corrected chi connectivity index (χ1v) is 5.38. The highest BCUT2D eigenvalue weighted by Gasteiger charge is 2.01. The number of benzene rings is 1. The number of halogens is 1. The lowest BCUT2D eigenvalue weighted by atomic mass is 10.2. The number of carbonyl (C=O) groups is 1. The molecule has 3 nitrogen and oxygen atoms in total. The van der Waals surface area contributed by atoms with Gasteiger partial charge in [-0.1, -0.05) is 15.9 Å². The molecule has 1 aromatic rings. The number of hydrogen-bond donors (Lipinski definition) is 1. The maximum atomic E-state index is 10.5. The normalized spacial score (nSPS) is 9.79. The van der Waals surface area contributed by atoms with Crippen molar-refractivity contribution in [2.45, 2.75) is 6.42 Å². The Kier molecular flexibility index (Phi) is 4.46. The van der Waals surface area contributed by atoms with Crippen molar-refractivity contribution < 1.29 is 14.6 Å². The number of rotatable bonds is 5. The quantitative estimate of drug-likeness (QED) is 0.652. The molecule has 0 unspecified atom stereocenters. The summed E-state index contributed by atoms with van der Waals surface area (Å²) in [7, 11) is 0. The van der Waals surface area contributed by atoms with Gasteiger partial charge in [0, 0.05) is 5.33 Å². The third-order valence-corrected chi connectivity index (χ3v) is 2.21. The minimum atomic E-state index is -0.919. The zero-order chi connectivity index (χ0) is 10.4. The molecule has 0 saturated heterocycles. The van der Waals surface area contributed by atoms with Gasteiger partial charge in [-0.15, -0.1) is 0 Å². The molecule has 14 heavy (non-hydrogen) atoms. The highest BCUT2D eigenvalue weighted by molar-refractivity contribution is 9.09. The van der Waals surface area contributed by atoms with Crippen molar-refractivity contribution in [2.75, 3.05) is 11.9 Å². The predicted molar refractivity (Wildman–Crippen MR) is 57.3 cm³/mol. The van der Waals surface area contributed by atoms with Crippen LogP contribution < -0.4 is 4.74 Å². The van der Waals surface area contributed by atoms with Gasteiger partial charge < -0.3 is 9.84 Å². The van der Waals surface area contributed by atoms with Crippen LogP contribution in [0.25, 0.3) is 0 Å². The second-order valence-corrected chi connectivity index (χ2v) is 3.51. The Bertz CT molecular complexity index is 295. The molecular formula is C10H11BrO3. The fourth-order valence-electron chi connectivity index (χ4n) is 0.938. The predicted octanol–water partition coefficient (Wildman–Crippen LogP) is 2.55. The van der Waals surface area contributed by atoms with Gasteiger partial charge in [0.2, 0.25) is 0 Å². The van der Waals surface area contributed by atoms with Gasteiger partial charge >= 0.3 is 5.97 Å². The topological polar surface area (TPSA) is 46.5 Å². The largest absolute Gasteiger partial charge is 0.494 e. The van der Waals surface area contributed by atoms with Crippen molar-refractivity contribution in [3.63, 3.8) is 0 Å². The summed E-state index contributed by atoms with van der Waals surface area (Å²) in [6.07, 6.45) is 0.931. The molecule has 1 aromatic carbocycles. The van der Waals surface area contributed by atoms with E-state index in [4.69, 9.17) is 9.84 Å². The van der Waals surface area contributed by atoms with Crippen LogP contribution in [-0.4, -0.2) is 23.0 Å². The molecule has 0 saturated carbocycles. The van der Waals surface area contributed by atoms with E-state index in [1.54, 1.807) is 12.1 Å². The van der Waals surface area contributed by atoms with E-state index < -0.39 is 5.97 Å². The average Bonchev–Trinajstić information content (AvgIpc) is 2.19. The fraction of sp³-hybridized carbons (Fsp3) is 0.300.